The van der Waals surface area contributed by atoms with Crippen molar-refractivity contribution in [2.45, 2.75) is 19.8 Å². The van der Waals surface area contributed by atoms with Gasteiger partial charge in [-0.2, -0.15) is 0 Å². The molecule has 18 heavy (non-hydrogen) atoms. The van der Waals surface area contributed by atoms with Crippen molar-refractivity contribution in [1.29, 1.82) is 0 Å². The van der Waals surface area contributed by atoms with Crippen LogP contribution >= 0.6 is 0 Å². The van der Waals surface area contributed by atoms with Crippen LogP contribution in [0.25, 0.3) is 0 Å². The second-order valence-corrected chi connectivity index (χ2v) is 7.08. The minimum Gasteiger partial charge on any atom is -0.294 e. The second kappa shape index (κ2) is 4.80. The molecule has 0 spiro atoms. The molecular weight excluding hydrogens is 255 g/mol. The lowest BCUT2D eigenvalue weighted by molar-refractivity contribution is 0.0964. The van der Waals surface area contributed by atoms with Crippen molar-refractivity contribution in [3.8, 4) is 0 Å². The van der Waals surface area contributed by atoms with Gasteiger partial charge in [-0.15, -0.1) is 0 Å². The molecule has 0 N–H and O–H groups in total. The van der Waals surface area contributed by atoms with Crippen molar-refractivity contribution in [3.05, 3.63) is 35.1 Å². The Kier molecular flexibility index (Phi) is 3.52. The average molecular weight is 270 g/mol. The molecular formula is C13H15FO3S. The van der Waals surface area contributed by atoms with Crippen LogP contribution in [0.2, 0.25) is 0 Å². The number of aryl methyl sites for hydroxylation is 1. The molecule has 0 saturated carbocycles. The van der Waals surface area contributed by atoms with Gasteiger partial charge < -0.3 is 0 Å². The number of benzene rings is 1. The van der Waals surface area contributed by atoms with Crippen molar-refractivity contribution in [1.82, 2.24) is 0 Å². The number of rotatable bonds is 3. The first-order valence-electron chi connectivity index (χ1n) is 5.87. The highest BCUT2D eigenvalue weighted by molar-refractivity contribution is 7.91. The Labute approximate surface area is 106 Å². The number of ketones is 1. The van der Waals surface area contributed by atoms with Crippen LogP contribution in [0, 0.1) is 18.7 Å². The van der Waals surface area contributed by atoms with Crippen LogP contribution in [-0.4, -0.2) is 25.7 Å². The molecule has 1 aliphatic heterocycles. The quantitative estimate of drug-likeness (QED) is 0.791. The molecule has 1 aromatic rings. The summed E-state index contributed by atoms with van der Waals surface area (Å²) in [7, 11) is -2.97. The fraction of sp³-hybridized carbons (Fsp3) is 0.462. The summed E-state index contributed by atoms with van der Waals surface area (Å²) in [6, 6.07) is 4.10. The molecule has 0 aromatic heterocycles. The lowest BCUT2D eigenvalue weighted by Crippen LogP contribution is -2.12. The summed E-state index contributed by atoms with van der Waals surface area (Å²) in [5.41, 5.74) is 1.08. The van der Waals surface area contributed by atoms with Crippen LogP contribution in [0.5, 0.6) is 0 Å². The van der Waals surface area contributed by atoms with Gasteiger partial charge in [0.25, 0.3) is 0 Å². The van der Waals surface area contributed by atoms with Crippen LogP contribution in [0.1, 0.15) is 28.8 Å². The number of sulfone groups is 1. The Hall–Kier alpha value is -1.23. The van der Waals surface area contributed by atoms with E-state index >= 15 is 0 Å². The maximum atomic E-state index is 13.1. The van der Waals surface area contributed by atoms with E-state index in [4.69, 9.17) is 0 Å². The van der Waals surface area contributed by atoms with Crippen LogP contribution < -0.4 is 0 Å². The van der Waals surface area contributed by atoms with Gasteiger partial charge in [0.2, 0.25) is 0 Å². The zero-order valence-corrected chi connectivity index (χ0v) is 11.0. The fourth-order valence-electron chi connectivity index (χ4n) is 2.30. The second-order valence-electron chi connectivity index (χ2n) is 4.86. The van der Waals surface area contributed by atoms with E-state index in [1.807, 2.05) is 0 Å². The molecule has 0 amide bonds. The summed E-state index contributed by atoms with van der Waals surface area (Å²) >= 11 is 0. The molecule has 1 aliphatic rings. The molecule has 1 atom stereocenters. The van der Waals surface area contributed by atoms with Gasteiger partial charge in [0.1, 0.15) is 5.82 Å². The minimum absolute atomic E-state index is 0.0765. The SMILES string of the molecule is Cc1ccc(F)cc1C(=O)CC1CCS(=O)(=O)C1. The molecule has 0 bridgehead atoms. The molecule has 2 rings (SSSR count). The lowest BCUT2D eigenvalue weighted by atomic mass is 9.95. The third kappa shape index (κ3) is 2.96. The van der Waals surface area contributed by atoms with Crippen molar-refractivity contribution in [3.63, 3.8) is 0 Å². The summed E-state index contributed by atoms with van der Waals surface area (Å²) in [5.74, 6) is -0.498. The summed E-state index contributed by atoms with van der Waals surface area (Å²) in [5, 5.41) is 0. The predicted molar refractivity (Wildman–Crippen MR) is 66.8 cm³/mol. The van der Waals surface area contributed by atoms with Crippen molar-refractivity contribution in [2.24, 2.45) is 5.92 Å². The molecule has 0 radical (unpaired) electrons. The maximum absolute atomic E-state index is 13.1. The predicted octanol–water partition coefficient (Wildman–Crippen LogP) is 2.14. The lowest BCUT2D eigenvalue weighted by Gasteiger charge is -2.08. The van der Waals surface area contributed by atoms with Gasteiger partial charge in [0, 0.05) is 12.0 Å². The maximum Gasteiger partial charge on any atom is 0.163 e. The zero-order chi connectivity index (χ0) is 13.3. The first-order valence-corrected chi connectivity index (χ1v) is 7.69. The molecule has 5 heteroatoms. The summed E-state index contributed by atoms with van der Waals surface area (Å²) in [6.45, 7) is 1.75. The average Bonchev–Trinajstić information content (AvgIpc) is 2.61. The van der Waals surface area contributed by atoms with Crippen LogP contribution in [0.15, 0.2) is 18.2 Å². The normalized spacial score (nSPS) is 22.0. The molecule has 1 fully saturated rings. The van der Waals surface area contributed by atoms with Crippen molar-refractivity contribution < 1.29 is 17.6 Å². The monoisotopic (exact) mass is 270 g/mol. The molecule has 3 nitrogen and oxygen atoms in total. The third-order valence-corrected chi connectivity index (χ3v) is 5.14. The van der Waals surface area contributed by atoms with E-state index in [2.05, 4.69) is 0 Å². The molecule has 1 saturated heterocycles. The van der Waals surface area contributed by atoms with E-state index in [1.54, 1.807) is 13.0 Å². The fourth-order valence-corrected chi connectivity index (χ4v) is 4.16. The van der Waals surface area contributed by atoms with E-state index in [-0.39, 0.29) is 29.6 Å². The first kappa shape index (κ1) is 13.2. The van der Waals surface area contributed by atoms with Crippen LogP contribution in [0.4, 0.5) is 4.39 Å². The Morgan fingerprint density at radius 2 is 2.17 bits per heavy atom. The van der Waals surface area contributed by atoms with Crippen molar-refractivity contribution >= 4 is 15.6 Å². The minimum atomic E-state index is -2.97. The van der Waals surface area contributed by atoms with E-state index in [0.717, 1.165) is 5.56 Å². The van der Waals surface area contributed by atoms with Gasteiger partial charge in [-0.3, -0.25) is 4.79 Å². The topological polar surface area (TPSA) is 51.2 Å². The van der Waals surface area contributed by atoms with E-state index in [1.165, 1.54) is 12.1 Å². The number of Topliss-reactive ketones (excluding diaryl/α,β-unsaturated/α-hetero) is 1. The van der Waals surface area contributed by atoms with E-state index < -0.39 is 15.7 Å². The smallest absolute Gasteiger partial charge is 0.163 e. The van der Waals surface area contributed by atoms with Crippen molar-refractivity contribution in [2.75, 3.05) is 11.5 Å². The van der Waals surface area contributed by atoms with Gasteiger partial charge in [0.15, 0.2) is 15.6 Å². The highest BCUT2D eigenvalue weighted by atomic mass is 32.2. The van der Waals surface area contributed by atoms with Gasteiger partial charge >= 0.3 is 0 Å². The Morgan fingerprint density at radius 1 is 1.44 bits per heavy atom. The Morgan fingerprint density at radius 3 is 2.78 bits per heavy atom. The number of halogens is 1. The number of carbonyl (C=O) groups is 1. The summed E-state index contributed by atoms with van der Waals surface area (Å²) in [4.78, 5) is 12.0. The molecule has 1 unspecified atom stereocenters. The number of hydrogen-bond donors (Lipinski definition) is 0. The molecule has 1 aromatic carbocycles. The van der Waals surface area contributed by atoms with Crippen LogP contribution in [-0.2, 0) is 9.84 Å². The van der Waals surface area contributed by atoms with Gasteiger partial charge in [-0.25, -0.2) is 12.8 Å². The number of carbonyl (C=O) groups excluding carboxylic acids is 1. The number of hydrogen-bond acceptors (Lipinski definition) is 3. The Balaban J connectivity index is 2.11. The van der Waals surface area contributed by atoms with E-state index in [0.29, 0.717) is 12.0 Å². The highest BCUT2D eigenvalue weighted by Crippen LogP contribution is 2.24. The van der Waals surface area contributed by atoms with Gasteiger partial charge in [-0.1, -0.05) is 6.07 Å². The van der Waals surface area contributed by atoms with Crippen LogP contribution in [0.3, 0.4) is 0 Å². The third-order valence-electron chi connectivity index (χ3n) is 3.30. The molecule has 0 aliphatic carbocycles. The van der Waals surface area contributed by atoms with Gasteiger partial charge in [0.05, 0.1) is 11.5 Å². The zero-order valence-electron chi connectivity index (χ0n) is 10.1. The van der Waals surface area contributed by atoms with Gasteiger partial charge in [-0.05, 0) is 37.0 Å². The first-order chi connectivity index (χ1) is 8.37. The highest BCUT2D eigenvalue weighted by Gasteiger charge is 2.29. The summed E-state index contributed by atoms with van der Waals surface area (Å²) in [6.07, 6.45) is 0.714. The Bertz CT molecular complexity index is 578. The summed E-state index contributed by atoms with van der Waals surface area (Å²) < 4.78 is 35.7. The van der Waals surface area contributed by atoms with E-state index in [9.17, 15) is 17.6 Å². The standard InChI is InChI=1S/C13H15FO3S/c1-9-2-3-11(14)7-12(9)13(15)6-10-4-5-18(16,17)8-10/h2-3,7,10H,4-6,8H2,1H3. The largest absolute Gasteiger partial charge is 0.294 e. The molecule has 1 heterocycles. The molecule has 98 valence electrons.